The predicted molar refractivity (Wildman–Crippen MR) is 47.9 cm³/mol. The maximum absolute atomic E-state index is 10.8. The van der Waals surface area contributed by atoms with Crippen LogP contribution >= 0.6 is 15.9 Å². The van der Waals surface area contributed by atoms with Gasteiger partial charge in [0.15, 0.2) is 0 Å². The highest BCUT2D eigenvalue weighted by Crippen LogP contribution is 1.91. The second-order valence-electron chi connectivity index (χ2n) is 2.38. The Morgan fingerprint density at radius 2 is 2.36 bits per heavy atom. The molecule has 1 amide bonds. The standard InChI is InChI=1S/C7H14BrNO2/c1-6(3-4-11-2)9-7(10)5-8/h6H,3-5H2,1-2H3,(H,9,10). The number of amides is 1. The lowest BCUT2D eigenvalue weighted by atomic mass is 10.2. The maximum atomic E-state index is 10.8. The SMILES string of the molecule is COCCC(C)NC(=O)CBr. The second-order valence-corrected chi connectivity index (χ2v) is 2.94. The molecular weight excluding hydrogens is 210 g/mol. The van der Waals surface area contributed by atoms with Gasteiger partial charge < -0.3 is 10.1 Å². The third kappa shape index (κ3) is 6.31. The molecule has 4 heteroatoms. The van der Waals surface area contributed by atoms with Gasteiger partial charge in [-0.1, -0.05) is 15.9 Å². The average molecular weight is 224 g/mol. The third-order valence-corrected chi connectivity index (χ3v) is 1.79. The molecule has 0 aromatic heterocycles. The Labute approximate surface area is 75.6 Å². The van der Waals surface area contributed by atoms with E-state index < -0.39 is 0 Å². The van der Waals surface area contributed by atoms with Crippen LogP contribution in [-0.4, -0.2) is 31.0 Å². The molecule has 0 rings (SSSR count). The number of ether oxygens (including phenoxy) is 1. The summed E-state index contributed by atoms with van der Waals surface area (Å²) in [7, 11) is 1.65. The number of carbonyl (C=O) groups is 1. The van der Waals surface area contributed by atoms with Crippen LogP contribution < -0.4 is 5.32 Å². The number of rotatable bonds is 5. The van der Waals surface area contributed by atoms with Crippen LogP contribution in [0.25, 0.3) is 0 Å². The summed E-state index contributed by atoms with van der Waals surface area (Å²) in [6.45, 7) is 2.64. The van der Waals surface area contributed by atoms with Crippen molar-refractivity contribution >= 4 is 21.8 Å². The number of carbonyl (C=O) groups excluding carboxylic acids is 1. The van der Waals surface area contributed by atoms with Crippen LogP contribution in [0.3, 0.4) is 0 Å². The van der Waals surface area contributed by atoms with Crippen molar-refractivity contribution in [2.45, 2.75) is 19.4 Å². The normalized spacial score (nSPS) is 12.6. The molecule has 0 spiro atoms. The summed E-state index contributed by atoms with van der Waals surface area (Å²) in [4.78, 5) is 10.8. The molecule has 1 N–H and O–H groups in total. The Hall–Kier alpha value is -0.0900. The van der Waals surface area contributed by atoms with Gasteiger partial charge in [-0.2, -0.15) is 0 Å². The van der Waals surface area contributed by atoms with Gasteiger partial charge in [-0.05, 0) is 13.3 Å². The monoisotopic (exact) mass is 223 g/mol. The quantitative estimate of drug-likeness (QED) is 0.705. The van der Waals surface area contributed by atoms with Crippen molar-refractivity contribution in [2.24, 2.45) is 0 Å². The van der Waals surface area contributed by atoms with Gasteiger partial charge in [-0.15, -0.1) is 0 Å². The Bertz CT molecular complexity index is 119. The van der Waals surface area contributed by atoms with E-state index in [4.69, 9.17) is 4.74 Å². The minimum absolute atomic E-state index is 0.0219. The molecule has 0 aliphatic rings. The van der Waals surface area contributed by atoms with Crippen LogP contribution in [0.2, 0.25) is 0 Å². The smallest absolute Gasteiger partial charge is 0.230 e. The second kappa shape index (κ2) is 6.61. The molecule has 1 unspecified atom stereocenters. The summed E-state index contributed by atoms with van der Waals surface area (Å²) in [5.41, 5.74) is 0. The lowest BCUT2D eigenvalue weighted by Gasteiger charge is -2.11. The van der Waals surface area contributed by atoms with Crippen molar-refractivity contribution in [3.05, 3.63) is 0 Å². The fourth-order valence-electron chi connectivity index (χ4n) is 0.680. The van der Waals surface area contributed by atoms with E-state index >= 15 is 0 Å². The van der Waals surface area contributed by atoms with Gasteiger partial charge in [-0.25, -0.2) is 0 Å². The van der Waals surface area contributed by atoms with E-state index in [1.54, 1.807) is 7.11 Å². The van der Waals surface area contributed by atoms with Crippen molar-refractivity contribution < 1.29 is 9.53 Å². The Morgan fingerprint density at radius 1 is 1.73 bits per heavy atom. The molecule has 0 bridgehead atoms. The minimum Gasteiger partial charge on any atom is -0.385 e. The lowest BCUT2D eigenvalue weighted by Crippen LogP contribution is -2.33. The zero-order valence-electron chi connectivity index (χ0n) is 6.89. The van der Waals surface area contributed by atoms with Crippen LogP contribution in [0.1, 0.15) is 13.3 Å². The first kappa shape index (κ1) is 10.9. The van der Waals surface area contributed by atoms with Gasteiger partial charge in [0.2, 0.25) is 5.91 Å². The fraction of sp³-hybridized carbons (Fsp3) is 0.857. The van der Waals surface area contributed by atoms with Gasteiger partial charge in [0.1, 0.15) is 0 Å². The zero-order valence-corrected chi connectivity index (χ0v) is 8.48. The number of hydrogen-bond donors (Lipinski definition) is 1. The largest absolute Gasteiger partial charge is 0.385 e. The number of nitrogens with one attached hydrogen (secondary N) is 1. The average Bonchev–Trinajstić information content (AvgIpc) is 2.00. The van der Waals surface area contributed by atoms with Gasteiger partial charge in [-0.3, -0.25) is 4.79 Å². The first-order valence-corrected chi connectivity index (χ1v) is 4.67. The van der Waals surface area contributed by atoms with Crippen LogP contribution in [0.5, 0.6) is 0 Å². The molecule has 0 aliphatic carbocycles. The molecule has 0 fully saturated rings. The highest BCUT2D eigenvalue weighted by Gasteiger charge is 2.04. The van der Waals surface area contributed by atoms with E-state index in [0.29, 0.717) is 11.9 Å². The van der Waals surface area contributed by atoms with Crippen LogP contribution in [0.15, 0.2) is 0 Å². The van der Waals surface area contributed by atoms with E-state index in [0.717, 1.165) is 6.42 Å². The molecule has 0 aliphatic heterocycles. The van der Waals surface area contributed by atoms with Crippen LogP contribution in [0.4, 0.5) is 0 Å². The molecule has 1 atom stereocenters. The number of methoxy groups -OCH3 is 1. The van der Waals surface area contributed by atoms with Crippen molar-refractivity contribution in [2.75, 3.05) is 19.0 Å². The number of halogens is 1. The van der Waals surface area contributed by atoms with Crippen molar-refractivity contribution in [3.63, 3.8) is 0 Å². The zero-order chi connectivity index (χ0) is 8.69. The molecule has 0 aromatic carbocycles. The Kier molecular flexibility index (Phi) is 6.56. The molecule has 3 nitrogen and oxygen atoms in total. The van der Waals surface area contributed by atoms with Gasteiger partial charge in [0, 0.05) is 19.8 Å². The maximum Gasteiger partial charge on any atom is 0.230 e. The third-order valence-electron chi connectivity index (χ3n) is 1.28. The topological polar surface area (TPSA) is 38.3 Å². The summed E-state index contributed by atoms with van der Waals surface area (Å²) in [6, 6.07) is 0.194. The van der Waals surface area contributed by atoms with E-state index in [9.17, 15) is 4.79 Å². The molecule has 0 saturated heterocycles. The molecule has 0 heterocycles. The molecule has 0 saturated carbocycles. The van der Waals surface area contributed by atoms with Crippen LogP contribution in [0, 0.1) is 0 Å². The van der Waals surface area contributed by atoms with E-state index in [-0.39, 0.29) is 11.9 Å². The minimum atomic E-state index is 0.0219. The highest BCUT2D eigenvalue weighted by atomic mass is 79.9. The first-order chi connectivity index (χ1) is 5.20. The summed E-state index contributed by atoms with van der Waals surface area (Å²) in [5, 5.41) is 3.16. The molecule has 0 aromatic rings. The number of alkyl halides is 1. The van der Waals surface area contributed by atoms with E-state index in [1.807, 2.05) is 6.92 Å². The van der Waals surface area contributed by atoms with Crippen molar-refractivity contribution in [3.8, 4) is 0 Å². The Balaban J connectivity index is 3.35. The Morgan fingerprint density at radius 3 is 2.82 bits per heavy atom. The molecule has 0 radical (unpaired) electrons. The lowest BCUT2D eigenvalue weighted by molar-refractivity contribution is -0.119. The molecular formula is C7H14BrNO2. The summed E-state index contributed by atoms with van der Waals surface area (Å²) >= 11 is 3.07. The first-order valence-electron chi connectivity index (χ1n) is 3.55. The summed E-state index contributed by atoms with van der Waals surface area (Å²) < 4.78 is 4.86. The van der Waals surface area contributed by atoms with Gasteiger partial charge >= 0.3 is 0 Å². The molecule has 66 valence electrons. The van der Waals surface area contributed by atoms with Crippen molar-refractivity contribution in [1.29, 1.82) is 0 Å². The fourth-order valence-corrected chi connectivity index (χ4v) is 0.842. The van der Waals surface area contributed by atoms with E-state index in [2.05, 4.69) is 21.2 Å². The summed E-state index contributed by atoms with van der Waals surface area (Å²) in [6.07, 6.45) is 0.856. The van der Waals surface area contributed by atoms with E-state index in [1.165, 1.54) is 0 Å². The summed E-state index contributed by atoms with van der Waals surface area (Å²) in [5.74, 6) is 0.0219. The highest BCUT2D eigenvalue weighted by molar-refractivity contribution is 9.09. The predicted octanol–water partition coefficient (Wildman–Crippen LogP) is 0.922. The molecule has 11 heavy (non-hydrogen) atoms. The number of hydrogen-bond acceptors (Lipinski definition) is 2. The van der Waals surface area contributed by atoms with Crippen molar-refractivity contribution in [1.82, 2.24) is 5.32 Å². The van der Waals surface area contributed by atoms with Crippen LogP contribution in [-0.2, 0) is 9.53 Å². The van der Waals surface area contributed by atoms with Gasteiger partial charge in [0.05, 0.1) is 5.33 Å². The van der Waals surface area contributed by atoms with Gasteiger partial charge in [0.25, 0.3) is 0 Å².